The normalized spacial score (nSPS) is 23.1. The van der Waals surface area contributed by atoms with Crippen molar-refractivity contribution < 1.29 is 0 Å². The predicted octanol–water partition coefficient (Wildman–Crippen LogP) is 2.89. The minimum absolute atomic E-state index is 0.246. The Kier molecular flexibility index (Phi) is 5.26. The van der Waals surface area contributed by atoms with Crippen molar-refractivity contribution in [2.24, 2.45) is 5.92 Å². The quantitative estimate of drug-likeness (QED) is 0.793. The number of hydrogen-bond donors (Lipinski definition) is 1. The van der Waals surface area contributed by atoms with E-state index in [1.165, 1.54) is 32.4 Å². The molecule has 2 heteroatoms. The molecule has 1 saturated heterocycles. The molecular formula is C14H30N2. The number of piperidine rings is 1. The molecule has 2 atom stereocenters. The molecule has 0 saturated carbocycles. The van der Waals surface area contributed by atoms with Crippen LogP contribution in [0.2, 0.25) is 0 Å². The lowest BCUT2D eigenvalue weighted by molar-refractivity contribution is 0.130. The topological polar surface area (TPSA) is 15.3 Å². The van der Waals surface area contributed by atoms with E-state index in [1.54, 1.807) is 0 Å². The number of hydrogen-bond acceptors (Lipinski definition) is 2. The van der Waals surface area contributed by atoms with Gasteiger partial charge in [-0.3, -0.25) is 0 Å². The lowest BCUT2D eigenvalue weighted by Crippen LogP contribution is -2.46. The highest BCUT2D eigenvalue weighted by Gasteiger charge is 2.22. The first kappa shape index (κ1) is 14.0. The van der Waals surface area contributed by atoms with Gasteiger partial charge in [-0.05, 0) is 66.1 Å². The standard InChI is InChI=1S/C14H30N2/c1-12(11-15-14(3,4)5)13(2)16-9-7-6-8-10-16/h12-13,15H,6-11H2,1-5H3. The van der Waals surface area contributed by atoms with Crippen LogP contribution in [0.3, 0.4) is 0 Å². The van der Waals surface area contributed by atoms with Crippen molar-refractivity contribution in [2.45, 2.75) is 65.5 Å². The Bertz CT molecular complexity index is 189. The van der Waals surface area contributed by atoms with Gasteiger partial charge in [0.2, 0.25) is 0 Å². The van der Waals surface area contributed by atoms with Crippen LogP contribution in [0.1, 0.15) is 53.9 Å². The second-order valence-electron chi connectivity index (χ2n) is 6.45. The van der Waals surface area contributed by atoms with Crippen molar-refractivity contribution in [1.82, 2.24) is 10.2 Å². The molecule has 1 N–H and O–H groups in total. The molecule has 0 spiro atoms. The smallest absolute Gasteiger partial charge is 0.0105 e. The first-order valence-corrected chi connectivity index (χ1v) is 6.89. The Morgan fingerprint density at radius 2 is 1.62 bits per heavy atom. The first-order chi connectivity index (χ1) is 7.40. The molecule has 96 valence electrons. The summed E-state index contributed by atoms with van der Waals surface area (Å²) in [5, 5.41) is 3.61. The van der Waals surface area contributed by atoms with Crippen LogP contribution >= 0.6 is 0 Å². The van der Waals surface area contributed by atoms with Crippen LogP contribution in [-0.4, -0.2) is 36.1 Å². The van der Waals surface area contributed by atoms with Crippen molar-refractivity contribution >= 4 is 0 Å². The number of nitrogens with one attached hydrogen (secondary N) is 1. The molecule has 1 rings (SSSR count). The highest BCUT2D eigenvalue weighted by atomic mass is 15.2. The highest BCUT2D eigenvalue weighted by Crippen LogP contribution is 2.17. The number of nitrogens with zero attached hydrogens (tertiary/aromatic N) is 1. The minimum Gasteiger partial charge on any atom is -0.312 e. The van der Waals surface area contributed by atoms with E-state index in [0.717, 1.165) is 18.5 Å². The summed E-state index contributed by atoms with van der Waals surface area (Å²) in [7, 11) is 0. The maximum absolute atomic E-state index is 3.61. The summed E-state index contributed by atoms with van der Waals surface area (Å²) >= 11 is 0. The maximum atomic E-state index is 3.61. The first-order valence-electron chi connectivity index (χ1n) is 6.89. The Morgan fingerprint density at radius 3 is 2.12 bits per heavy atom. The SMILES string of the molecule is CC(CNC(C)(C)C)C(C)N1CCCCC1. The molecule has 1 heterocycles. The number of likely N-dealkylation sites (tertiary alicyclic amines) is 1. The van der Waals surface area contributed by atoms with Gasteiger partial charge in [0.05, 0.1) is 0 Å². The zero-order chi connectivity index (χ0) is 12.2. The molecule has 0 amide bonds. The largest absolute Gasteiger partial charge is 0.312 e. The van der Waals surface area contributed by atoms with Crippen molar-refractivity contribution in [3.8, 4) is 0 Å². The summed E-state index contributed by atoms with van der Waals surface area (Å²) in [6.45, 7) is 15.2. The lowest BCUT2D eigenvalue weighted by Gasteiger charge is -2.37. The van der Waals surface area contributed by atoms with Gasteiger partial charge < -0.3 is 10.2 Å². The van der Waals surface area contributed by atoms with E-state index in [-0.39, 0.29) is 5.54 Å². The van der Waals surface area contributed by atoms with E-state index in [0.29, 0.717) is 0 Å². The second-order valence-corrected chi connectivity index (χ2v) is 6.45. The average molecular weight is 226 g/mol. The van der Waals surface area contributed by atoms with Crippen molar-refractivity contribution in [3.63, 3.8) is 0 Å². The Hall–Kier alpha value is -0.0800. The van der Waals surface area contributed by atoms with Crippen LogP contribution in [0.25, 0.3) is 0 Å². The van der Waals surface area contributed by atoms with Crippen LogP contribution in [0.5, 0.6) is 0 Å². The number of rotatable bonds is 4. The third kappa shape index (κ3) is 4.84. The Balaban J connectivity index is 2.31. The third-order valence-corrected chi connectivity index (χ3v) is 3.74. The van der Waals surface area contributed by atoms with Gasteiger partial charge in [-0.15, -0.1) is 0 Å². The summed E-state index contributed by atoms with van der Waals surface area (Å²) in [6.07, 6.45) is 4.21. The molecule has 1 aliphatic rings. The average Bonchev–Trinajstić information content (AvgIpc) is 2.25. The summed E-state index contributed by atoms with van der Waals surface area (Å²) in [4.78, 5) is 2.67. The van der Waals surface area contributed by atoms with Gasteiger partial charge >= 0.3 is 0 Å². The van der Waals surface area contributed by atoms with Crippen molar-refractivity contribution in [3.05, 3.63) is 0 Å². The fraction of sp³-hybridized carbons (Fsp3) is 1.00. The minimum atomic E-state index is 0.246. The summed E-state index contributed by atoms with van der Waals surface area (Å²) in [6, 6.07) is 0.718. The molecule has 0 aromatic rings. The molecule has 0 aliphatic carbocycles. The fourth-order valence-electron chi connectivity index (χ4n) is 2.32. The van der Waals surface area contributed by atoms with E-state index in [4.69, 9.17) is 0 Å². The van der Waals surface area contributed by atoms with Gasteiger partial charge in [0, 0.05) is 11.6 Å². The predicted molar refractivity (Wildman–Crippen MR) is 71.8 cm³/mol. The van der Waals surface area contributed by atoms with Crippen LogP contribution < -0.4 is 5.32 Å². The van der Waals surface area contributed by atoms with Gasteiger partial charge in [-0.25, -0.2) is 0 Å². The summed E-state index contributed by atoms with van der Waals surface area (Å²) in [5.41, 5.74) is 0.246. The van der Waals surface area contributed by atoms with Gasteiger partial charge in [0.15, 0.2) is 0 Å². The molecule has 0 bridgehead atoms. The summed E-state index contributed by atoms with van der Waals surface area (Å²) < 4.78 is 0. The highest BCUT2D eigenvalue weighted by molar-refractivity contribution is 4.79. The van der Waals surface area contributed by atoms with Crippen molar-refractivity contribution in [1.29, 1.82) is 0 Å². The molecule has 0 aromatic heterocycles. The van der Waals surface area contributed by atoms with Gasteiger partial charge in [0.1, 0.15) is 0 Å². The van der Waals surface area contributed by atoms with E-state index < -0.39 is 0 Å². The lowest BCUT2D eigenvalue weighted by atomic mass is 9.98. The maximum Gasteiger partial charge on any atom is 0.0105 e. The molecule has 16 heavy (non-hydrogen) atoms. The van der Waals surface area contributed by atoms with Crippen LogP contribution in [-0.2, 0) is 0 Å². The van der Waals surface area contributed by atoms with E-state index in [9.17, 15) is 0 Å². The molecule has 1 fully saturated rings. The molecule has 0 radical (unpaired) electrons. The van der Waals surface area contributed by atoms with Crippen LogP contribution in [0.15, 0.2) is 0 Å². The molecular weight excluding hydrogens is 196 g/mol. The van der Waals surface area contributed by atoms with Gasteiger partial charge in [-0.1, -0.05) is 13.3 Å². The molecule has 2 unspecified atom stereocenters. The Morgan fingerprint density at radius 1 is 1.06 bits per heavy atom. The van der Waals surface area contributed by atoms with E-state index in [1.807, 2.05) is 0 Å². The van der Waals surface area contributed by atoms with E-state index >= 15 is 0 Å². The zero-order valence-corrected chi connectivity index (χ0v) is 11.8. The Labute approximate surface area is 102 Å². The molecule has 0 aromatic carbocycles. The van der Waals surface area contributed by atoms with Gasteiger partial charge in [0.25, 0.3) is 0 Å². The second kappa shape index (κ2) is 6.02. The van der Waals surface area contributed by atoms with E-state index in [2.05, 4.69) is 44.8 Å². The zero-order valence-electron chi connectivity index (χ0n) is 11.8. The fourth-order valence-corrected chi connectivity index (χ4v) is 2.32. The van der Waals surface area contributed by atoms with Crippen LogP contribution in [0.4, 0.5) is 0 Å². The van der Waals surface area contributed by atoms with Crippen LogP contribution in [0, 0.1) is 5.92 Å². The molecule has 1 aliphatic heterocycles. The van der Waals surface area contributed by atoms with Crippen molar-refractivity contribution in [2.75, 3.05) is 19.6 Å². The monoisotopic (exact) mass is 226 g/mol. The third-order valence-electron chi connectivity index (χ3n) is 3.74. The summed E-state index contributed by atoms with van der Waals surface area (Å²) in [5.74, 6) is 0.734. The molecule has 2 nitrogen and oxygen atoms in total. The van der Waals surface area contributed by atoms with Gasteiger partial charge in [-0.2, -0.15) is 0 Å².